The molecule has 0 aliphatic heterocycles. The summed E-state index contributed by atoms with van der Waals surface area (Å²) in [5, 5.41) is 0. The summed E-state index contributed by atoms with van der Waals surface area (Å²) in [6.07, 6.45) is 0. The molecular weight excluding hydrogens is 389 g/mol. The fourth-order valence-electron chi connectivity index (χ4n) is 1.61. The molecule has 6 heteroatoms. The summed E-state index contributed by atoms with van der Waals surface area (Å²) in [6.45, 7) is 1.94. The number of hydrogen-bond donors (Lipinski definition) is 1. The maximum atomic E-state index is 12.3. The van der Waals surface area contributed by atoms with E-state index in [1.807, 2.05) is 6.92 Å². The van der Waals surface area contributed by atoms with Crippen LogP contribution >= 0.6 is 22.6 Å². The van der Waals surface area contributed by atoms with Crippen LogP contribution in [0, 0.1) is 10.5 Å². The Hall–Kier alpha value is -1.28. The van der Waals surface area contributed by atoms with Gasteiger partial charge in [0, 0.05) is 9.26 Å². The zero-order chi connectivity index (χ0) is 14.8. The summed E-state index contributed by atoms with van der Waals surface area (Å²) >= 11 is 2.12. The van der Waals surface area contributed by atoms with E-state index in [0.717, 1.165) is 9.13 Å². The summed E-state index contributed by atoms with van der Waals surface area (Å²) in [4.78, 5) is 0.253. The number of aryl methyl sites for hydroxylation is 1. The lowest BCUT2D eigenvalue weighted by molar-refractivity contribution is 0.415. The third-order valence-corrected chi connectivity index (χ3v) is 5.34. The number of rotatable bonds is 4. The van der Waals surface area contributed by atoms with Crippen LogP contribution in [0.15, 0.2) is 47.4 Å². The number of ether oxygens (including phenoxy) is 1. The average Bonchev–Trinajstić information content (AvgIpc) is 2.42. The van der Waals surface area contributed by atoms with Crippen LogP contribution in [-0.2, 0) is 10.0 Å². The molecule has 0 amide bonds. The van der Waals surface area contributed by atoms with Gasteiger partial charge in [0.1, 0.15) is 5.75 Å². The van der Waals surface area contributed by atoms with Gasteiger partial charge in [0.2, 0.25) is 0 Å². The predicted octanol–water partition coefficient (Wildman–Crippen LogP) is 3.41. The highest BCUT2D eigenvalue weighted by Crippen LogP contribution is 2.21. The zero-order valence-corrected chi connectivity index (χ0v) is 14.0. The molecule has 0 aliphatic rings. The molecule has 106 valence electrons. The molecule has 2 aromatic carbocycles. The lowest BCUT2D eigenvalue weighted by atomic mass is 10.2. The lowest BCUT2D eigenvalue weighted by Crippen LogP contribution is -2.13. The van der Waals surface area contributed by atoms with Crippen molar-refractivity contribution in [2.24, 2.45) is 0 Å². The number of anilines is 1. The fraction of sp³-hybridized carbons (Fsp3) is 0.143. The van der Waals surface area contributed by atoms with Gasteiger partial charge in [-0.3, -0.25) is 4.72 Å². The van der Waals surface area contributed by atoms with Crippen LogP contribution in [0.4, 0.5) is 5.69 Å². The second kappa shape index (κ2) is 6.01. The number of methoxy groups -OCH3 is 1. The van der Waals surface area contributed by atoms with E-state index in [1.54, 1.807) is 49.6 Å². The van der Waals surface area contributed by atoms with Gasteiger partial charge in [-0.05, 0) is 71.5 Å². The maximum Gasteiger partial charge on any atom is 0.261 e. The molecular formula is C14H14INO3S. The van der Waals surface area contributed by atoms with Gasteiger partial charge in [-0.15, -0.1) is 0 Å². The third kappa shape index (κ3) is 3.43. The molecule has 2 rings (SSSR count). The number of benzene rings is 2. The van der Waals surface area contributed by atoms with E-state index in [0.29, 0.717) is 11.4 Å². The standard InChI is InChI=1S/C14H14INO3S/c1-10-3-8-13(9-14(10)15)20(17,18)16-11-4-6-12(19-2)7-5-11/h3-9,16H,1-2H3. The molecule has 0 aliphatic carbocycles. The lowest BCUT2D eigenvalue weighted by Gasteiger charge is -2.09. The number of hydrogen-bond acceptors (Lipinski definition) is 3. The largest absolute Gasteiger partial charge is 0.497 e. The van der Waals surface area contributed by atoms with Crippen molar-refractivity contribution < 1.29 is 13.2 Å². The molecule has 0 spiro atoms. The van der Waals surface area contributed by atoms with Crippen LogP contribution in [-0.4, -0.2) is 15.5 Å². The van der Waals surface area contributed by atoms with Crippen molar-refractivity contribution in [1.82, 2.24) is 0 Å². The van der Waals surface area contributed by atoms with Gasteiger partial charge in [0.25, 0.3) is 10.0 Å². The number of halogens is 1. The van der Waals surface area contributed by atoms with Gasteiger partial charge in [-0.1, -0.05) is 6.07 Å². The van der Waals surface area contributed by atoms with Crippen molar-refractivity contribution in [3.8, 4) is 5.75 Å². The number of sulfonamides is 1. The Labute approximate surface area is 132 Å². The van der Waals surface area contributed by atoms with Crippen molar-refractivity contribution in [2.75, 3.05) is 11.8 Å². The Morgan fingerprint density at radius 1 is 1.10 bits per heavy atom. The summed E-state index contributed by atoms with van der Waals surface area (Å²) < 4.78 is 33.0. The normalized spacial score (nSPS) is 11.2. The topological polar surface area (TPSA) is 55.4 Å². The smallest absolute Gasteiger partial charge is 0.261 e. The minimum atomic E-state index is -3.57. The van der Waals surface area contributed by atoms with Crippen molar-refractivity contribution >= 4 is 38.3 Å². The van der Waals surface area contributed by atoms with Crippen LogP contribution in [0.3, 0.4) is 0 Å². The van der Waals surface area contributed by atoms with E-state index in [1.165, 1.54) is 0 Å². The summed E-state index contributed by atoms with van der Waals surface area (Å²) in [7, 11) is -2.00. The molecule has 0 aromatic heterocycles. The summed E-state index contributed by atoms with van der Waals surface area (Å²) in [5.74, 6) is 0.679. The molecule has 1 N–H and O–H groups in total. The van der Waals surface area contributed by atoms with Crippen molar-refractivity contribution in [1.29, 1.82) is 0 Å². The molecule has 2 aromatic rings. The Morgan fingerprint density at radius 3 is 2.30 bits per heavy atom. The molecule has 0 unspecified atom stereocenters. The van der Waals surface area contributed by atoms with E-state index in [2.05, 4.69) is 27.3 Å². The molecule has 0 bridgehead atoms. The molecule has 0 radical (unpaired) electrons. The van der Waals surface area contributed by atoms with Crippen molar-refractivity contribution in [3.63, 3.8) is 0 Å². The highest BCUT2D eigenvalue weighted by atomic mass is 127. The van der Waals surface area contributed by atoms with Crippen LogP contribution in [0.25, 0.3) is 0 Å². The molecule has 0 saturated carbocycles. The minimum absolute atomic E-state index is 0.253. The highest BCUT2D eigenvalue weighted by Gasteiger charge is 2.15. The van der Waals surface area contributed by atoms with Crippen LogP contribution in [0.2, 0.25) is 0 Å². The minimum Gasteiger partial charge on any atom is -0.497 e. The van der Waals surface area contributed by atoms with Gasteiger partial charge in [-0.25, -0.2) is 8.42 Å². The quantitative estimate of drug-likeness (QED) is 0.797. The van der Waals surface area contributed by atoms with Crippen LogP contribution < -0.4 is 9.46 Å². The average molecular weight is 403 g/mol. The van der Waals surface area contributed by atoms with Crippen molar-refractivity contribution in [2.45, 2.75) is 11.8 Å². The Kier molecular flexibility index (Phi) is 4.54. The molecule has 20 heavy (non-hydrogen) atoms. The first-order chi connectivity index (χ1) is 9.42. The van der Waals surface area contributed by atoms with E-state index in [4.69, 9.17) is 4.74 Å². The highest BCUT2D eigenvalue weighted by molar-refractivity contribution is 14.1. The van der Waals surface area contributed by atoms with Gasteiger partial charge in [-0.2, -0.15) is 0 Å². The molecule has 0 atom stereocenters. The summed E-state index contributed by atoms with van der Waals surface area (Å²) in [5.41, 5.74) is 1.55. The summed E-state index contributed by atoms with van der Waals surface area (Å²) in [6, 6.07) is 11.8. The van der Waals surface area contributed by atoms with Gasteiger partial charge < -0.3 is 4.74 Å². The molecule has 0 heterocycles. The first kappa shape index (κ1) is 15.1. The molecule has 4 nitrogen and oxygen atoms in total. The van der Waals surface area contributed by atoms with E-state index < -0.39 is 10.0 Å². The fourth-order valence-corrected chi connectivity index (χ4v) is 3.42. The Bertz CT molecular complexity index is 712. The first-order valence-corrected chi connectivity index (χ1v) is 8.41. The third-order valence-electron chi connectivity index (χ3n) is 2.80. The van der Waals surface area contributed by atoms with E-state index >= 15 is 0 Å². The molecule has 0 saturated heterocycles. The van der Waals surface area contributed by atoms with Crippen LogP contribution in [0.5, 0.6) is 5.75 Å². The second-order valence-electron chi connectivity index (χ2n) is 4.24. The zero-order valence-electron chi connectivity index (χ0n) is 11.1. The second-order valence-corrected chi connectivity index (χ2v) is 7.09. The van der Waals surface area contributed by atoms with E-state index in [9.17, 15) is 8.42 Å². The van der Waals surface area contributed by atoms with Crippen LogP contribution in [0.1, 0.15) is 5.56 Å². The SMILES string of the molecule is COc1ccc(NS(=O)(=O)c2ccc(C)c(I)c2)cc1. The number of nitrogens with one attached hydrogen (secondary N) is 1. The van der Waals surface area contributed by atoms with Crippen molar-refractivity contribution in [3.05, 3.63) is 51.6 Å². The Morgan fingerprint density at radius 2 is 1.75 bits per heavy atom. The maximum absolute atomic E-state index is 12.3. The first-order valence-electron chi connectivity index (χ1n) is 5.85. The van der Waals surface area contributed by atoms with Gasteiger partial charge in [0.05, 0.1) is 12.0 Å². The Balaban J connectivity index is 2.27. The van der Waals surface area contributed by atoms with E-state index in [-0.39, 0.29) is 4.90 Å². The van der Waals surface area contributed by atoms with Gasteiger partial charge in [0.15, 0.2) is 0 Å². The predicted molar refractivity (Wildman–Crippen MR) is 87.7 cm³/mol. The monoisotopic (exact) mass is 403 g/mol. The van der Waals surface area contributed by atoms with Gasteiger partial charge >= 0.3 is 0 Å². The molecule has 0 fully saturated rings.